The Kier molecular flexibility index (Phi) is 8.60. The van der Waals surface area contributed by atoms with E-state index in [-0.39, 0.29) is 11.7 Å². The lowest BCUT2D eigenvalue weighted by molar-refractivity contribution is -0.164. The molecular weight excluding hydrogens is 582 g/mol. The first-order chi connectivity index (χ1) is 21.9. The first kappa shape index (κ1) is 31.7. The zero-order valence-corrected chi connectivity index (χ0v) is 27.7. The normalized spacial score (nSPS) is 20.8. The fourth-order valence-corrected chi connectivity index (χ4v) is 6.17. The molecule has 0 radical (unpaired) electrons. The van der Waals surface area contributed by atoms with E-state index >= 15 is 0 Å². The monoisotopic (exact) mass is 625 g/mol. The van der Waals surface area contributed by atoms with E-state index in [0.29, 0.717) is 36.6 Å². The summed E-state index contributed by atoms with van der Waals surface area (Å²) >= 11 is 0. The van der Waals surface area contributed by atoms with E-state index in [1.807, 2.05) is 87.8 Å². The molecule has 3 aliphatic rings. The number of aryl methyl sites for hydroxylation is 1. The van der Waals surface area contributed by atoms with Gasteiger partial charge in [0.1, 0.15) is 17.7 Å². The van der Waals surface area contributed by atoms with Gasteiger partial charge >= 0.3 is 5.97 Å². The Balaban J connectivity index is 1.56. The Morgan fingerprint density at radius 2 is 1.89 bits per heavy atom. The molecular formula is C36H43N5O5. The second kappa shape index (κ2) is 12.5. The molecule has 0 spiro atoms. The van der Waals surface area contributed by atoms with Crippen molar-refractivity contribution in [1.29, 1.82) is 0 Å². The number of anilines is 1. The molecule has 0 unspecified atom stereocenters. The lowest BCUT2D eigenvalue weighted by atomic mass is 9.92. The Bertz CT molecular complexity index is 1770. The average molecular weight is 626 g/mol. The van der Waals surface area contributed by atoms with Gasteiger partial charge in [-0.05, 0) is 78.2 Å². The van der Waals surface area contributed by atoms with Crippen molar-refractivity contribution in [3.63, 3.8) is 0 Å². The zero-order chi connectivity index (χ0) is 32.6. The van der Waals surface area contributed by atoms with Crippen molar-refractivity contribution in [2.45, 2.75) is 77.8 Å². The number of rotatable bonds is 3. The summed E-state index contributed by atoms with van der Waals surface area (Å²) in [4.78, 5) is 25.0. The van der Waals surface area contributed by atoms with Crippen molar-refractivity contribution in [1.82, 2.24) is 19.6 Å². The minimum atomic E-state index is -0.991. The second-order valence-electron chi connectivity index (χ2n) is 13.3. The number of aromatic nitrogens is 4. The molecule has 0 saturated carbocycles. The molecule has 0 N–H and O–H groups in total. The molecule has 3 aromatic heterocycles. The molecule has 0 aliphatic carbocycles. The van der Waals surface area contributed by atoms with Crippen LogP contribution in [0.4, 0.5) is 5.82 Å². The van der Waals surface area contributed by atoms with Crippen LogP contribution >= 0.6 is 0 Å². The van der Waals surface area contributed by atoms with Crippen LogP contribution in [0.2, 0.25) is 0 Å². The fourth-order valence-electron chi connectivity index (χ4n) is 6.17. The highest BCUT2D eigenvalue weighted by Gasteiger charge is 2.38. The highest BCUT2D eigenvalue weighted by molar-refractivity contribution is 5.81. The standard InChI is InChI=1S/C36H43N5O5/c1-23-10-9-19-44-36(6)14-17-40(18-15-36)33-31(32(34(42)43-7)46-35(3,4)5)24(2)38-30-21-28(39-41(30)33)26-12-8-11-25(20-26)27-22-37-16-13-29(27)45-23/h8-13,16,20-23,32H,14-15,17-19H2,1-7H3/t23-,32+/m1/s1. The van der Waals surface area contributed by atoms with Gasteiger partial charge in [0.25, 0.3) is 0 Å². The molecule has 1 fully saturated rings. The minimum Gasteiger partial charge on any atom is -0.486 e. The molecule has 4 aromatic rings. The van der Waals surface area contributed by atoms with Crippen molar-refractivity contribution in [2.24, 2.45) is 0 Å². The lowest BCUT2D eigenvalue weighted by Crippen LogP contribution is -2.45. The summed E-state index contributed by atoms with van der Waals surface area (Å²) in [7, 11) is 1.38. The number of nitrogens with zero attached hydrogens (tertiary/aromatic N) is 5. The maximum atomic E-state index is 13.4. The van der Waals surface area contributed by atoms with Crippen LogP contribution in [0.1, 0.15) is 64.8 Å². The fraction of sp³-hybridized carbons (Fsp3) is 0.444. The largest absolute Gasteiger partial charge is 0.486 e. The number of fused-ring (bicyclic) bond motifs is 6. The van der Waals surface area contributed by atoms with Gasteiger partial charge in [-0.1, -0.05) is 24.3 Å². The first-order valence-corrected chi connectivity index (χ1v) is 15.9. The molecule has 10 heteroatoms. The van der Waals surface area contributed by atoms with Crippen LogP contribution in [-0.4, -0.2) is 69.7 Å². The minimum absolute atomic E-state index is 0.161. The van der Waals surface area contributed by atoms with Crippen molar-refractivity contribution >= 4 is 17.4 Å². The molecule has 1 aromatic carbocycles. The number of ether oxygens (including phenoxy) is 4. The van der Waals surface area contributed by atoms with Gasteiger partial charge in [0.15, 0.2) is 11.8 Å². The number of piperidine rings is 1. The van der Waals surface area contributed by atoms with Crippen LogP contribution in [0.5, 0.6) is 5.75 Å². The number of pyridine rings is 1. The Labute approximate surface area is 270 Å². The predicted molar refractivity (Wildman–Crippen MR) is 177 cm³/mol. The summed E-state index contributed by atoms with van der Waals surface area (Å²) in [6.07, 6.45) is 8.05. The summed E-state index contributed by atoms with van der Waals surface area (Å²) in [6, 6.07) is 12.1. The van der Waals surface area contributed by atoms with E-state index in [4.69, 9.17) is 29.0 Å². The van der Waals surface area contributed by atoms with Gasteiger partial charge < -0.3 is 23.8 Å². The SMILES string of the molecule is COC(=O)[C@@H](OC(C)(C)C)c1c(C)nc2cc3nn2c1N1CCC(C)(CC1)OCC=C[C@@H](C)Oc1ccncc1-c1cccc-3c1. The number of methoxy groups -OCH3 is 1. The highest BCUT2D eigenvalue weighted by atomic mass is 16.6. The number of carbonyl (C=O) groups is 1. The van der Waals surface area contributed by atoms with Gasteiger partial charge in [-0.3, -0.25) is 4.98 Å². The van der Waals surface area contributed by atoms with E-state index in [2.05, 4.69) is 22.9 Å². The number of benzene rings is 1. The molecule has 10 nitrogen and oxygen atoms in total. The van der Waals surface area contributed by atoms with Crippen molar-refractivity contribution in [2.75, 3.05) is 31.7 Å². The second-order valence-corrected chi connectivity index (χ2v) is 13.3. The third-order valence-corrected chi connectivity index (χ3v) is 8.57. The van der Waals surface area contributed by atoms with Crippen LogP contribution in [0.3, 0.4) is 0 Å². The summed E-state index contributed by atoms with van der Waals surface area (Å²) in [5.41, 5.74) is 4.60. The summed E-state index contributed by atoms with van der Waals surface area (Å²) in [5, 5.41) is 5.13. The third kappa shape index (κ3) is 6.50. The molecule has 7 rings (SSSR count). The average Bonchev–Trinajstić information content (AvgIpc) is 3.45. The van der Waals surface area contributed by atoms with Crippen LogP contribution < -0.4 is 9.64 Å². The Hall–Kier alpha value is -4.28. The molecule has 46 heavy (non-hydrogen) atoms. The maximum Gasteiger partial charge on any atom is 0.339 e. The smallest absolute Gasteiger partial charge is 0.339 e. The molecule has 3 aliphatic heterocycles. The van der Waals surface area contributed by atoms with E-state index in [1.165, 1.54) is 7.11 Å². The number of hydrogen-bond acceptors (Lipinski definition) is 9. The number of hydrogen-bond donors (Lipinski definition) is 0. The van der Waals surface area contributed by atoms with E-state index in [0.717, 1.165) is 46.8 Å². The lowest BCUT2D eigenvalue weighted by Gasteiger charge is -2.41. The molecule has 242 valence electrons. The van der Waals surface area contributed by atoms with Gasteiger partial charge in [0, 0.05) is 48.4 Å². The van der Waals surface area contributed by atoms with Crippen LogP contribution in [0, 0.1) is 6.92 Å². The quantitative estimate of drug-likeness (QED) is 0.186. The van der Waals surface area contributed by atoms with E-state index in [1.54, 1.807) is 6.20 Å². The van der Waals surface area contributed by atoms with Crippen LogP contribution in [0.15, 0.2) is 60.9 Å². The molecule has 0 amide bonds. The highest BCUT2D eigenvalue weighted by Crippen LogP contribution is 2.39. The molecule has 2 atom stereocenters. The van der Waals surface area contributed by atoms with Gasteiger partial charge in [-0.25, -0.2) is 9.78 Å². The van der Waals surface area contributed by atoms with Gasteiger partial charge in [0.2, 0.25) is 0 Å². The topological polar surface area (TPSA) is 100 Å². The van der Waals surface area contributed by atoms with Crippen LogP contribution in [-0.2, 0) is 19.0 Å². The van der Waals surface area contributed by atoms with Gasteiger partial charge in [0.05, 0.1) is 36.2 Å². The van der Waals surface area contributed by atoms with Crippen LogP contribution in [0.25, 0.3) is 28.0 Å². The summed E-state index contributed by atoms with van der Waals surface area (Å²) in [6.45, 7) is 13.8. The number of carbonyl (C=O) groups excluding carboxylic acids is 1. The van der Waals surface area contributed by atoms with Crippen molar-refractivity contribution in [3.8, 4) is 28.1 Å². The Morgan fingerprint density at radius 3 is 2.63 bits per heavy atom. The zero-order valence-electron chi connectivity index (χ0n) is 27.7. The van der Waals surface area contributed by atoms with Crippen molar-refractivity contribution in [3.05, 3.63) is 72.2 Å². The maximum absolute atomic E-state index is 13.4. The van der Waals surface area contributed by atoms with E-state index < -0.39 is 17.7 Å². The third-order valence-electron chi connectivity index (χ3n) is 8.57. The van der Waals surface area contributed by atoms with Crippen molar-refractivity contribution < 1.29 is 23.7 Å². The molecule has 1 saturated heterocycles. The summed E-state index contributed by atoms with van der Waals surface area (Å²) in [5.74, 6) is 1.04. The number of esters is 1. The Morgan fingerprint density at radius 1 is 1.13 bits per heavy atom. The molecule has 6 heterocycles. The first-order valence-electron chi connectivity index (χ1n) is 15.9. The van der Waals surface area contributed by atoms with Gasteiger partial charge in [-0.2, -0.15) is 9.61 Å². The van der Waals surface area contributed by atoms with E-state index in [9.17, 15) is 4.79 Å². The van der Waals surface area contributed by atoms with Gasteiger partial charge in [-0.15, -0.1) is 0 Å². The molecule has 6 bridgehead atoms. The summed E-state index contributed by atoms with van der Waals surface area (Å²) < 4.78 is 26.3. The predicted octanol–water partition coefficient (Wildman–Crippen LogP) is 6.51.